The Morgan fingerprint density at radius 2 is 2.09 bits per heavy atom. The first-order valence-corrected chi connectivity index (χ1v) is 8.04. The Labute approximate surface area is 144 Å². The van der Waals surface area contributed by atoms with E-state index in [1.165, 1.54) is 11.3 Å². The summed E-state index contributed by atoms with van der Waals surface area (Å²) in [5.74, 6) is -0.329. The lowest BCUT2D eigenvalue weighted by molar-refractivity contribution is -0.117. The van der Waals surface area contributed by atoms with E-state index in [0.717, 1.165) is 29.8 Å². The minimum absolute atomic E-state index is 0. The minimum atomic E-state index is -0.215. The van der Waals surface area contributed by atoms with Crippen molar-refractivity contribution in [2.24, 2.45) is 0 Å². The molecule has 1 aromatic carbocycles. The van der Waals surface area contributed by atoms with Gasteiger partial charge >= 0.3 is 0 Å². The Morgan fingerprint density at radius 1 is 1.26 bits per heavy atom. The maximum Gasteiger partial charge on any atom is 0.261 e. The van der Waals surface area contributed by atoms with Crippen molar-refractivity contribution in [3.8, 4) is 0 Å². The van der Waals surface area contributed by atoms with Crippen LogP contribution in [-0.4, -0.2) is 24.9 Å². The normalized spacial score (nSPS) is 13.0. The first-order valence-electron chi connectivity index (χ1n) is 7.16. The van der Waals surface area contributed by atoms with E-state index in [4.69, 9.17) is 5.73 Å². The third-order valence-corrected chi connectivity index (χ3v) is 4.60. The van der Waals surface area contributed by atoms with E-state index in [2.05, 4.69) is 5.32 Å². The second kappa shape index (κ2) is 7.48. The average Bonchev–Trinajstić information content (AvgIpc) is 3.07. The van der Waals surface area contributed by atoms with Crippen molar-refractivity contribution >= 4 is 46.9 Å². The number of carbonyl (C=O) groups is 2. The summed E-state index contributed by atoms with van der Waals surface area (Å²) in [5.41, 5.74) is 8.59. The first-order chi connectivity index (χ1) is 10.7. The molecule has 23 heavy (non-hydrogen) atoms. The monoisotopic (exact) mass is 351 g/mol. The van der Waals surface area contributed by atoms with Gasteiger partial charge < -0.3 is 16.0 Å². The molecule has 2 amide bonds. The number of nitrogens with one attached hydrogen (secondary N) is 1. The summed E-state index contributed by atoms with van der Waals surface area (Å²) in [4.78, 5) is 26.6. The highest BCUT2D eigenvalue weighted by Gasteiger charge is 2.23. The molecule has 0 aliphatic carbocycles. The van der Waals surface area contributed by atoms with E-state index < -0.39 is 0 Å². The van der Waals surface area contributed by atoms with Gasteiger partial charge in [-0.25, -0.2) is 0 Å². The Bertz CT molecular complexity index is 703. The van der Waals surface area contributed by atoms with Gasteiger partial charge in [0, 0.05) is 17.9 Å². The quantitative estimate of drug-likeness (QED) is 0.834. The summed E-state index contributed by atoms with van der Waals surface area (Å²) in [7, 11) is 0. The third-order valence-electron chi connectivity index (χ3n) is 3.73. The molecule has 0 bridgehead atoms. The summed E-state index contributed by atoms with van der Waals surface area (Å²) in [6, 6.07) is 9.16. The van der Waals surface area contributed by atoms with Crippen LogP contribution >= 0.6 is 23.7 Å². The Kier molecular flexibility index (Phi) is 5.63. The van der Waals surface area contributed by atoms with Crippen LogP contribution in [-0.2, 0) is 11.2 Å². The zero-order valence-electron chi connectivity index (χ0n) is 12.5. The molecule has 1 aliphatic rings. The number of hydrogen-bond donors (Lipinski definition) is 2. The molecular weight excluding hydrogens is 334 g/mol. The maximum absolute atomic E-state index is 12.4. The van der Waals surface area contributed by atoms with Crippen molar-refractivity contribution in [2.75, 3.05) is 23.7 Å². The smallest absolute Gasteiger partial charge is 0.261 e. The zero-order valence-corrected chi connectivity index (χ0v) is 14.1. The SMILES string of the molecule is Cl.Nc1cccc2c1CCCN2C(=O)CNC(=O)c1cccs1. The molecule has 0 spiro atoms. The van der Waals surface area contributed by atoms with Crippen molar-refractivity contribution in [1.29, 1.82) is 0 Å². The first kappa shape index (κ1) is 17.3. The predicted molar refractivity (Wildman–Crippen MR) is 95.4 cm³/mol. The molecule has 1 aliphatic heterocycles. The van der Waals surface area contributed by atoms with Crippen LogP contribution in [0.15, 0.2) is 35.7 Å². The summed E-state index contributed by atoms with van der Waals surface area (Å²) >= 11 is 1.36. The third kappa shape index (κ3) is 3.65. The second-order valence-electron chi connectivity index (χ2n) is 5.15. The van der Waals surface area contributed by atoms with E-state index >= 15 is 0 Å². The highest BCUT2D eigenvalue weighted by atomic mass is 35.5. The van der Waals surface area contributed by atoms with Crippen LogP contribution in [0.2, 0.25) is 0 Å². The molecule has 2 aromatic rings. The lowest BCUT2D eigenvalue weighted by atomic mass is 10.00. The highest BCUT2D eigenvalue weighted by Crippen LogP contribution is 2.31. The van der Waals surface area contributed by atoms with Crippen LogP contribution in [0.5, 0.6) is 0 Å². The Morgan fingerprint density at radius 3 is 2.83 bits per heavy atom. The van der Waals surface area contributed by atoms with Crippen LogP contribution < -0.4 is 16.0 Å². The van der Waals surface area contributed by atoms with E-state index in [1.54, 1.807) is 11.0 Å². The van der Waals surface area contributed by atoms with Gasteiger partial charge in [0.1, 0.15) is 0 Å². The van der Waals surface area contributed by atoms with Crippen LogP contribution in [0, 0.1) is 0 Å². The topological polar surface area (TPSA) is 75.4 Å². The van der Waals surface area contributed by atoms with Gasteiger partial charge in [-0.3, -0.25) is 9.59 Å². The van der Waals surface area contributed by atoms with Gasteiger partial charge in [0.05, 0.1) is 11.4 Å². The molecule has 0 fully saturated rings. The van der Waals surface area contributed by atoms with Crippen molar-refractivity contribution in [2.45, 2.75) is 12.8 Å². The van der Waals surface area contributed by atoms with Crippen LogP contribution in [0.3, 0.4) is 0 Å². The predicted octanol–water partition coefficient (Wildman–Crippen LogP) is 2.46. The number of carbonyl (C=O) groups excluding carboxylic acids is 2. The van der Waals surface area contributed by atoms with Crippen LogP contribution in [0.25, 0.3) is 0 Å². The van der Waals surface area contributed by atoms with Gasteiger partial charge in [-0.2, -0.15) is 0 Å². The highest BCUT2D eigenvalue weighted by molar-refractivity contribution is 7.12. The van der Waals surface area contributed by atoms with Crippen molar-refractivity contribution in [1.82, 2.24) is 5.32 Å². The largest absolute Gasteiger partial charge is 0.398 e. The number of rotatable bonds is 3. The standard InChI is InChI=1S/C16H17N3O2S.ClH/c17-12-5-1-6-13-11(12)4-2-8-19(13)15(20)10-18-16(21)14-7-3-9-22-14;/h1,3,5-7,9H,2,4,8,10,17H2,(H,18,21);1H. The molecule has 0 unspecified atom stereocenters. The number of halogens is 1. The molecule has 0 saturated carbocycles. The summed E-state index contributed by atoms with van der Waals surface area (Å²) < 4.78 is 0. The van der Waals surface area contributed by atoms with Gasteiger partial charge in [0.2, 0.25) is 5.91 Å². The molecule has 5 nitrogen and oxygen atoms in total. The average molecular weight is 352 g/mol. The van der Waals surface area contributed by atoms with Crippen molar-refractivity contribution < 1.29 is 9.59 Å². The molecular formula is C16H18ClN3O2S. The molecule has 7 heteroatoms. The molecule has 0 atom stereocenters. The van der Waals surface area contributed by atoms with Crippen molar-refractivity contribution in [3.63, 3.8) is 0 Å². The molecule has 3 N–H and O–H groups in total. The fourth-order valence-electron chi connectivity index (χ4n) is 2.66. The van der Waals surface area contributed by atoms with E-state index in [0.29, 0.717) is 11.4 Å². The van der Waals surface area contributed by atoms with E-state index in [1.807, 2.05) is 29.6 Å². The molecule has 1 aromatic heterocycles. The Hall–Kier alpha value is -2.05. The molecule has 0 radical (unpaired) electrons. The number of anilines is 2. The zero-order chi connectivity index (χ0) is 15.5. The molecule has 2 heterocycles. The summed E-state index contributed by atoms with van der Waals surface area (Å²) in [5, 5.41) is 4.51. The Balaban J connectivity index is 0.00000192. The van der Waals surface area contributed by atoms with Gasteiger partial charge in [0.15, 0.2) is 0 Å². The van der Waals surface area contributed by atoms with E-state index in [9.17, 15) is 9.59 Å². The lowest BCUT2D eigenvalue weighted by Gasteiger charge is -2.30. The fourth-order valence-corrected chi connectivity index (χ4v) is 3.30. The van der Waals surface area contributed by atoms with Gasteiger partial charge in [-0.1, -0.05) is 12.1 Å². The number of fused-ring (bicyclic) bond motifs is 1. The maximum atomic E-state index is 12.4. The van der Waals surface area contributed by atoms with Crippen LogP contribution in [0.1, 0.15) is 21.7 Å². The summed E-state index contributed by atoms with van der Waals surface area (Å²) in [6.07, 6.45) is 1.76. The number of hydrogen-bond acceptors (Lipinski definition) is 4. The van der Waals surface area contributed by atoms with Crippen molar-refractivity contribution in [3.05, 3.63) is 46.2 Å². The number of amides is 2. The molecule has 3 rings (SSSR count). The minimum Gasteiger partial charge on any atom is -0.398 e. The number of thiophene rings is 1. The van der Waals surface area contributed by atoms with E-state index in [-0.39, 0.29) is 30.8 Å². The number of nitrogens with zero attached hydrogens (tertiary/aromatic N) is 1. The second-order valence-corrected chi connectivity index (χ2v) is 6.10. The molecule has 0 saturated heterocycles. The van der Waals surface area contributed by atoms with Crippen LogP contribution in [0.4, 0.5) is 11.4 Å². The number of benzene rings is 1. The van der Waals surface area contributed by atoms with Gasteiger partial charge in [-0.05, 0) is 42.0 Å². The fraction of sp³-hybridized carbons (Fsp3) is 0.250. The van der Waals surface area contributed by atoms with Gasteiger partial charge in [0.25, 0.3) is 5.91 Å². The molecule has 122 valence electrons. The van der Waals surface area contributed by atoms with Gasteiger partial charge in [-0.15, -0.1) is 23.7 Å². The lowest BCUT2D eigenvalue weighted by Crippen LogP contribution is -2.42. The number of nitrogen functional groups attached to an aromatic ring is 1. The number of nitrogens with two attached hydrogens (primary N) is 1. The summed E-state index contributed by atoms with van der Waals surface area (Å²) in [6.45, 7) is 0.648.